The van der Waals surface area contributed by atoms with Crippen molar-refractivity contribution >= 4 is 0 Å². The molecule has 0 aliphatic carbocycles. The Hall–Kier alpha value is -1.06. The Morgan fingerprint density at radius 3 is 2.67 bits per heavy atom. The van der Waals surface area contributed by atoms with Crippen LogP contribution >= 0.6 is 0 Å². The molecule has 0 aromatic heterocycles. The second kappa shape index (κ2) is 6.21. The Labute approximate surface area is 110 Å². The Bertz CT molecular complexity index is 357. The summed E-state index contributed by atoms with van der Waals surface area (Å²) in [6.45, 7) is 4.46. The number of benzene rings is 1. The van der Waals surface area contributed by atoms with E-state index in [4.69, 9.17) is 0 Å². The zero-order valence-electron chi connectivity index (χ0n) is 11.4. The zero-order chi connectivity index (χ0) is 13.0. The molecule has 1 aromatic carbocycles. The Balaban J connectivity index is 1.91. The highest BCUT2D eigenvalue weighted by Crippen LogP contribution is 2.22. The molecule has 0 bridgehead atoms. The summed E-state index contributed by atoms with van der Waals surface area (Å²) in [7, 11) is 2.17. The normalized spacial score (nSPS) is 22.1. The molecule has 0 amide bonds. The van der Waals surface area contributed by atoms with Crippen molar-refractivity contribution in [3.8, 4) is 5.75 Å². The highest BCUT2D eigenvalue weighted by molar-refractivity contribution is 5.27. The lowest BCUT2D eigenvalue weighted by Crippen LogP contribution is -2.43. The van der Waals surface area contributed by atoms with E-state index in [1.807, 2.05) is 12.1 Å². The van der Waals surface area contributed by atoms with Crippen molar-refractivity contribution < 1.29 is 5.11 Å². The average Bonchev–Trinajstić information content (AvgIpc) is 2.40. The van der Waals surface area contributed by atoms with Gasteiger partial charge in [-0.3, -0.25) is 4.90 Å². The summed E-state index contributed by atoms with van der Waals surface area (Å²) < 4.78 is 0. The quantitative estimate of drug-likeness (QED) is 0.859. The molecule has 1 aliphatic heterocycles. The van der Waals surface area contributed by atoms with Gasteiger partial charge in [0, 0.05) is 18.6 Å². The first-order chi connectivity index (χ1) is 8.66. The van der Waals surface area contributed by atoms with Gasteiger partial charge in [0.05, 0.1) is 0 Å². The lowest BCUT2D eigenvalue weighted by atomic mass is 10.0. The van der Waals surface area contributed by atoms with Crippen molar-refractivity contribution in [1.82, 2.24) is 10.2 Å². The lowest BCUT2D eigenvalue weighted by Gasteiger charge is -2.32. The van der Waals surface area contributed by atoms with Gasteiger partial charge in [-0.15, -0.1) is 0 Å². The van der Waals surface area contributed by atoms with Gasteiger partial charge in [0.1, 0.15) is 5.75 Å². The summed E-state index contributed by atoms with van der Waals surface area (Å²) in [5.41, 5.74) is 1.26. The zero-order valence-corrected chi connectivity index (χ0v) is 11.4. The van der Waals surface area contributed by atoms with Crippen LogP contribution in [0.2, 0.25) is 0 Å². The molecule has 18 heavy (non-hydrogen) atoms. The van der Waals surface area contributed by atoms with Gasteiger partial charge in [-0.1, -0.05) is 18.6 Å². The van der Waals surface area contributed by atoms with Crippen LogP contribution in [0.15, 0.2) is 24.3 Å². The van der Waals surface area contributed by atoms with Crippen LogP contribution in [-0.4, -0.2) is 36.2 Å². The van der Waals surface area contributed by atoms with E-state index in [0.29, 0.717) is 17.8 Å². The van der Waals surface area contributed by atoms with Gasteiger partial charge < -0.3 is 10.4 Å². The van der Waals surface area contributed by atoms with E-state index in [-0.39, 0.29) is 0 Å². The number of likely N-dealkylation sites (N-methyl/N-ethyl adjacent to an activating group) is 1. The Morgan fingerprint density at radius 2 is 2.06 bits per heavy atom. The van der Waals surface area contributed by atoms with Crippen LogP contribution in [0.1, 0.15) is 37.8 Å². The van der Waals surface area contributed by atoms with Gasteiger partial charge in [-0.05, 0) is 51.1 Å². The second-order valence-corrected chi connectivity index (χ2v) is 5.35. The standard InChI is InChI=1S/C15H24N2O/c1-12(13-6-8-15(18)9-7-13)17(2)11-14-5-3-4-10-16-14/h6-9,12,14,16,18H,3-5,10-11H2,1-2H3. The molecule has 1 saturated heterocycles. The first kappa shape index (κ1) is 13.4. The van der Waals surface area contributed by atoms with Crippen molar-refractivity contribution in [3.05, 3.63) is 29.8 Å². The molecule has 2 rings (SSSR count). The van der Waals surface area contributed by atoms with Gasteiger partial charge in [-0.2, -0.15) is 0 Å². The predicted molar refractivity (Wildman–Crippen MR) is 74.8 cm³/mol. The number of phenols is 1. The fourth-order valence-electron chi connectivity index (χ4n) is 2.59. The van der Waals surface area contributed by atoms with E-state index >= 15 is 0 Å². The van der Waals surface area contributed by atoms with Gasteiger partial charge in [0.2, 0.25) is 0 Å². The van der Waals surface area contributed by atoms with Crippen LogP contribution in [0.5, 0.6) is 5.75 Å². The first-order valence-electron chi connectivity index (χ1n) is 6.89. The molecular formula is C15H24N2O. The SMILES string of the molecule is CC(c1ccc(O)cc1)N(C)CC1CCCCN1. The van der Waals surface area contributed by atoms with Gasteiger partial charge in [0.15, 0.2) is 0 Å². The monoisotopic (exact) mass is 248 g/mol. The van der Waals surface area contributed by atoms with Crippen molar-refractivity contribution in [3.63, 3.8) is 0 Å². The van der Waals surface area contributed by atoms with E-state index < -0.39 is 0 Å². The number of hydrogen-bond donors (Lipinski definition) is 2. The fourth-order valence-corrected chi connectivity index (χ4v) is 2.59. The molecule has 100 valence electrons. The van der Waals surface area contributed by atoms with Crippen molar-refractivity contribution in [2.75, 3.05) is 20.1 Å². The largest absolute Gasteiger partial charge is 0.508 e. The van der Waals surface area contributed by atoms with E-state index in [0.717, 1.165) is 13.1 Å². The first-order valence-corrected chi connectivity index (χ1v) is 6.89. The molecule has 1 aliphatic rings. The molecule has 3 heteroatoms. The maximum absolute atomic E-state index is 9.31. The summed E-state index contributed by atoms with van der Waals surface area (Å²) in [6, 6.07) is 8.55. The summed E-state index contributed by atoms with van der Waals surface area (Å²) in [4.78, 5) is 2.38. The van der Waals surface area contributed by atoms with E-state index in [1.165, 1.54) is 24.8 Å². The average molecular weight is 248 g/mol. The molecule has 2 unspecified atom stereocenters. The smallest absolute Gasteiger partial charge is 0.115 e. The van der Waals surface area contributed by atoms with Crippen molar-refractivity contribution in [2.45, 2.75) is 38.3 Å². The van der Waals surface area contributed by atoms with E-state index in [9.17, 15) is 5.11 Å². The number of rotatable bonds is 4. The minimum Gasteiger partial charge on any atom is -0.508 e. The molecule has 1 heterocycles. The van der Waals surface area contributed by atoms with Crippen LogP contribution in [0, 0.1) is 0 Å². The molecule has 0 spiro atoms. The van der Waals surface area contributed by atoms with E-state index in [1.54, 1.807) is 12.1 Å². The van der Waals surface area contributed by atoms with Crippen molar-refractivity contribution in [1.29, 1.82) is 0 Å². The molecule has 0 saturated carbocycles. The Morgan fingerprint density at radius 1 is 1.33 bits per heavy atom. The van der Waals surface area contributed by atoms with Crippen LogP contribution < -0.4 is 5.32 Å². The van der Waals surface area contributed by atoms with Crippen LogP contribution in [-0.2, 0) is 0 Å². The number of aromatic hydroxyl groups is 1. The summed E-state index contributed by atoms with van der Waals surface area (Å²) in [6.07, 6.45) is 3.94. The maximum Gasteiger partial charge on any atom is 0.115 e. The topological polar surface area (TPSA) is 35.5 Å². The minimum absolute atomic E-state index is 0.336. The van der Waals surface area contributed by atoms with Gasteiger partial charge >= 0.3 is 0 Å². The summed E-state index contributed by atoms with van der Waals surface area (Å²) >= 11 is 0. The number of nitrogens with zero attached hydrogens (tertiary/aromatic N) is 1. The second-order valence-electron chi connectivity index (χ2n) is 5.35. The highest BCUT2D eigenvalue weighted by Gasteiger charge is 2.18. The molecule has 1 aromatic rings. The van der Waals surface area contributed by atoms with E-state index in [2.05, 4.69) is 24.2 Å². The molecule has 0 radical (unpaired) electrons. The fraction of sp³-hybridized carbons (Fsp3) is 0.600. The van der Waals surface area contributed by atoms with Crippen LogP contribution in [0.3, 0.4) is 0 Å². The third-order valence-corrected chi connectivity index (χ3v) is 3.96. The number of hydrogen-bond acceptors (Lipinski definition) is 3. The number of phenolic OH excluding ortho intramolecular Hbond substituents is 1. The maximum atomic E-state index is 9.31. The number of nitrogens with one attached hydrogen (secondary N) is 1. The van der Waals surface area contributed by atoms with Crippen LogP contribution in [0.25, 0.3) is 0 Å². The summed E-state index contributed by atoms with van der Waals surface area (Å²) in [5.74, 6) is 0.336. The van der Waals surface area contributed by atoms with Gasteiger partial charge in [-0.25, -0.2) is 0 Å². The third kappa shape index (κ3) is 3.47. The number of piperidine rings is 1. The molecule has 1 fully saturated rings. The predicted octanol–water partition coefficient (Wildman–Crippen LogP) is 2.53. The molecular weight excluding hydrogens is 224 g/mol. The van der Waals surface area contributed by atoms with Gasteiger partial charge in [0.25, 0.3) is 0 Å². The minimum atomic E-state index is 0.336. The Kier molecular flexibility index (Phi) is 4.61. The highest BCUT2D eigenvalue weighted by atomic mass is 16.3. The molecule has 3 nitrogen and oxygen atoms in total. The lowest BCUT2D eigenvalue weighted by molar-refractivity contribution is 0.214. The van der Waals surface area contributed by atoms with Crippen LogP contribution in [0.4, 0.5) is 0 Å². The molecule has 2 atom stereocenters. The third-order valence-electron chi connectivity index (χ3n) is 3.96. The molecule has 2 N–H and O–H groups in total. The summed E-state index contributed by atoms with van der Waals surface area (Å²) in [5, 5.41) is 12.9. The van der Waals surface area contributed by atoms with Crippen molar-refractivity contribution in [2.24, 2.45) is 0 Å².